The molecular weight excluding hydrogens is 947 g/mol. The lowest BCUT2D eigenvalue weighted by Gasteiger charge is -2.22. The van der Waals surface area contributed by atoms with E-state index in [-0.39, 0.29) is 18.5 Å². The van der Waals surface area contributed by atoms with Gasteiger partial charge in [-0.15, -0.1) is 0 Å². The molecule has 0 spiro atoms. The second-order valence-electron chi connectivity index (χ2n) is 24.6. The molecule has 6 heteroatoms. The van der Waals surface area contributed by atoms with Gasteiger partial charge in [0, 0.05) is 12.8 Å². The number of amides is 1. The Morgan fingerprint density at radius 2 is 0.610 bits per heavy atom. The molecule has 0 saturated carbocycles. The number of aliphatic hydroxyl groups is 2. The first kappa shape index (κ1) is 75.6. The van der Waals surface area contributed by atoms with E-state index in [0.717, 1.165) is 38.5 Å². The Morgan fingerprint density at radius 3 is 0.922 bits per heavy atom. The van der Waals surface area contributed by atoms with Crippen molar-refractivity contribution in [2.45, 2.75) is 418 Å². The maximum Gasteiger partial charge on any atom is 0.305 e. The number of rotatable bonds is 67. The number of ether oxygens (including phenoxy) is 1. The van der Waals surface area contributed by atoms with Gasteiger partial charge < -0.3 is 20.3 Å². The fourth-order valence-corrected chi connectivity index (χ4v) is 11.4. The van der Waals surface area contributed by atoms with Gasteiger partial charge in [0.25, 0.3) is 0 Å². The lowest BCUT2D eigenvalue weighted by Crippen LogP contribution is -2.45. The monoisotopic (exact) mass is 1090 g/mol. The Bertz CT molecular complexity index is 1160. The average Bonchev–Trinajstić information content (AvgIpc) is 3.43. The van der Waals surface area contributed by atoms with Crippen LogP contribution in [0.1, 0.15) is 406 Å². The smallest absolute Gasteiger partial charge is 0.305 e. The van der Waals surface area contributed by atoms with Crippen molar-refractivity contribution in [1.82, 2.24) is 5.32 Å². The van der Waals surface area contributed by atoms with E-state index in [2.05, 4.69) is 31.3 Å². The predicted molar refractivity (Wildman–Crippen MR) is 338 cm³/mol. The summed E-state index contributed by atoms with van der Waals surface area (Å²) in [5.41, 5.74) is 0. The van der Waals surface area contributed by atoms with Gasteiger partial charge in [-0.25, -0.2) is 0 Å². The zero-order valence-corrected chi connectivity index (χ0v) is 52.5. The SMILES string of the molecule is CCCCCCCCCCCCCCCCCCCCCC(O)C(CO)NC(=O)CCCCCCCCCCCCCCCC/C=C\CCCCCCCCCCCCCCOC(=O)CCCCCCCCCCCCC. The van der Waals surface area contributed by atoms with Crippen LogP contribution >= 0.6 is 0 Å². The van der Waals surface area contributed by atoms with Crippen LogP contribution in [-0.2, 0) is 14.3 Å². The fourth-order valence-electron chi connectivity index (χ4n) is 11.4. The Hall–Kier alpha value is -1.40. The van der Waals surface area contributed by atoms with Crippen molar-refractivity contribution in [1.29, 1.82) is 0 Å². The first-order chi connectivity index (χ1) is 38.0. The number of carbonyl (C=O) groups is 2. The third-order valence-electron chi connectivity index (χ3n) is 16.8. The normalized spacial score (nSPS) is 12.5. The molecule has 2 atom stereocenters. The van der Waals surface area contributed by atoms with Gasteiger partial charge in [-0.3, -0.25) is 9.59 Å². The van der Waals surface area contributed by atoms with Gasteiger partial charge >= 0.3 is 5.97 Å². The number of aliphatic hydroxyl groups excluding tert-OH is 2. The molecule has 0 heterocycles. The summed E-state index contributed by atoms with van der Waals surface area (Å²) < 4.78 is 5.47. The van der Waals surface area contributed by atoms with Crippen LogP contribution in [0.15, 0.2) is 12.2 Å². The van der Waals surface area contributed by atoms with Gasteiger partial charge in [0.2, 0.25) is 5.91 Å². The van der Waals surface area contributed by atoms with E-state index >= 15 is 0 Å². The van der Waals surface area contributed by atoms with Crippen LogP contribution in [0.5, 0.6) is 0 Å². The molecule has 0 aromatic rings. The average molecular weight is 1090 g/mol. The van der Waals surface area contributed by atoms with E-state index < -0.39 is 12.1 Å². The molecule has 458 valence electrons. The van der Waals surface area contributed by atoms with Gasteiger partial charge in [0.05, 0.1) is 25.4 Å². The summed E-state index contributed by atoms with van der Waals surface area (Å²) in [7, 11) is 0. The van der Waals surface area contributed by atoms with Crippen LogP contribution in [0.4, 0.5) is 0 Å². The van der Waals surface area contributed by atoms with E-state index in [0.29, 0.717) is 25.9 Å². The van der Waals surface area contributed by atoms with Gasteiger partial charge in [-0.05, 0) is 51.4 Å². The molecule has 0 aliphatic heterocycles. The Morgan fingerprint density at radius 1 is 0.351 bits per heavy atom. The van der Waals surface area contributed by atoms with Crippen LogP contribution in [0.25, 0.3) is 0 Å². The van der Waals surface area contributed by atoms with Crippen LogP contribution in [0.3, 0.4) is 0 Å². The first-order valence-corrected chi connectivity index (χ1v) is 35.4. The maximum absolute atomic E-state index is 12.5. The maximum atomic E-state index is 12.5. The topological polar surface area (TPSA) is 95.9 Å². The molecule has 77 heavy (non-hydrogen) atoms. The number of hydrogen-bond acceptors (Lipinski definition) is 5. The lowest BCUT2D eigenvalue weighted by molar-refractivity contribution is -0.143. The molecule has 0 aromatic carbocycles. The molecule has 0 aliphatic rings. The predicted octanol–water partition coefficient (Wildman–Crippen LogP) is 22.8. The summed E-state index contributed by atoms with van der Waals surface area (Å²) in [6.45, 7) is 4.99. The number of hydrogen-bond donors (Lipinski definition) is 3. The molecule has 0 aliphatic carbocycles. The van der Waals surface area contributed by atoms with Gasteiger partial charge in [0.1, 0.15) is 0 Å². The number of allylic oxidation sites excluding steroid dienone is 2. The van der Waals surface area contributed by atoms with Crippen LogP contribution in [0.2, 0.25) is 0 Å². The largest absolute Gasteiger partial charge is 0.466 e. The fraction of sp³-hybridized carbons (Fsp3) is 0.944. The van der Waals surface area contributed by atoms with Crippen LogP contribution in [-0.4, -0.2) is 47.4 Å². The van der Waals surface area contributed by atoms with E-state index in [9.17, 15) is 19.8 Å². The van der Waals surface area contributed by atoms with Gasteiger partial charge in [0.15, 0.2) is 0 Å². The lowest BCUT2D eigenvalue weighted by atomic mass is 10.0. The number of esters is 1. The molecule has 0 aromatic heterocycles. The summed E-state index contributed by atoms with van der Waals surface area (Å²) in [5.74, 6) is -0.0112. The molecule has 1 amide bonds. The molecular formula is C71H139NO5. The minimum atomic E-state index is -0.663. The zero-order chi connectivity index (χ0) is 55.7. The van der Waals surface area contributed by atoms with E-state index in [4.69, 9.17) is 4.74 Å². The molecule has 2 unspecified atom stereocenters. The highest BCUT2D eigenvalue weighted by atomic mass is 16.5. The van der Waals surface area contributed by atoms with Gasteiger partial charge in [-0.1, -0.05) is 353 Å². The number of nitrogens with one attached hydrogen (secondary N) is 1. The summed E-state index contributed by atoms with van der Waals surface area (Å²) >= 11 is 0. The molecule has 0 rings (SSSR count). The Kier molecular flexibility index (Phi) is 65.9. The van der Waals surface area contributed by atoms with Crippen molar-refractivity contribution in [3.05, 3.63) is 12.2 Å². The third-order valence-corrected chi connectivity index (χ3v) is 16.8. The van der Waals surface area contributed by atoms with Crippen molar-refractivity contribution < 1.29 is 24.5 Å². The zero-order valence-electron chi connectivity index (χ0n) is 52.5. The summed E-state index contributed by atoms with van der Waals surface area (Å²) in [6.07, 6.45) is 82.6. The number of carbonyl (C=O) groups excluding carboxylic acids is 2. The summed E-state index contributed by atoms with van der Waals surface area (Å²) in [4.78, 5) is 24.5. The highest BCUT2D eigenvalue weighted by Gasteiger charge is 2.20. The Labute approximate surface area is 482 Å². The molecule has 0 saturated heterocycles. The molecule has 3 N–H and O–H groups in total. The number of unbranched alkanes of at least 4 members (excludes halogenated alkanes) is 54. The summed E-state index contributed by atoms with van der Waals surface area (Å²) in [5, 5.41) is 23.4. The van der Waals surface area contributed by atoms with E-state index in [1.54, 1.807) is 0 Å². The molecule has 0 bridgehead atoms. The van der Waals surface area contributed by atoms with Crippen molar-refractivity contribution in [2.24, 2.45) is 0 Å². The minimum absolute atomic E-state index is 0.0177. The van der Waals surface area contributed by atoms with E-state index in [1.807, 2.05) is 0 Å². The Balaban J connectivity index is 3.36. The second-order valence-corrected chi connectivity index (χ2v) is 24.6. The van der Waals surface area contributed by atoms with Crippen molar-refractivity contribution in [2.75, 3.05) is 13.2 Å². The molecule has 6 nitrogen and oxygen atoms in total. The summed E-state index contributed by atoms with van der Waals surface area (Å²) in [6, 6.07) is -0.540. The van der Waals surface area contributed by atoms with Crippen LogP contribution < -0.4 is 5.32 Å². The van der Waals surface area contributed by atoms with Crippen LogP contribution in [0, 0.1) is 0 Å². The second kappa shape index (κ2) is 67.1. The van der Waals surface area contributed by atoms with Crippen molar-refractivity contribution in [3.63, 3.8) is 0 Å². The van der Waals surface area contributed by atoms with Crippen molar-refractivity contribution in [3.8, 4) is 0 Å². The quantitative estimate of drug-likeness (QED) is 0.0320. The molecule has 0 fully saturated rings. The van der Waals surface area contributed by atoms with Gasteiger partial charge in [-0.2, -0.15) is 0 Å². The van der Waals surface area contributed by atoms with E-state index in [1.165, 1.54) is 334 Å². The highest BCUT2D eigenvalue weighted by Crippen LogP contribution is 2.19. The first-order valence-electron chi connectivity index (χ1n) is 35.4. The molecule has 0 radical (unpaired) electrons. The highest BCUT2D eigenvalue weighted by molar-refractivity contribution is 5.76. The van der Waals surface area contributed by atoms with Crippen molar-refractivity contribution >= 4 is 11.9 Å². The third kappa shape index (κ3) is 63.6. The standard InChI is InChI=1S/C71H139NO5/c1-3-5-7-9-11-13-15-16-17-18-31-34-37-40-44-47-51-55-59-63-69(74)68(67-73)72-70(75)64-60-56-52-48-45-41-38-35-32-29-27-25-23-21-19-20-22-24-26-28-30-33-36-39-42-46-50-54-58-62-66-77-71(76)65-61-57-53-49-43-14-12-10-8-6-4-2/h20,22,68-69,73-74H,3-19,21,23-67H2,1-2H3,(H,72,75)/b22-20-. The minimum Gasteiger partial charge on any atom is -0.466 e.